The van der Waals surface area contributed by atoms with Crippen molar-refractivity contribution in [3.8, 4) is 5.69 Å². The van der Waals surface area contributed by atoms with Gasteiger partial charge in [0.15, 0.2) is 5.82 Å². The van der Waals surface area contributed by atoms with Gasteiger partial charge in [-0.25, -0.2) is 0 Å². The van der Waals surface area contributed by atoms with Crippen molar-refractivity contribution in [2.45, 2.75) is 33.2 Å². The van der Waals surface area contributed by atoms with E-state index in [1.165, 1.54) is 12.1 Å². The highest BCUT2D eigenvalue weighted by molar-refractivity contribution is 5.47. The molecule has 2 rings (SSSR count). The first-order valence-electron chi connectivity index (χ1n) is 6.81. The summed E-state index contributed by atoms with van der Waals surface area (Å²) >= 11 is 0. The Morgan fingerprint density at radius 3 is 2.86 bits per heavy atom. The summed E-state index contributed by atoms with van der Waals surface area (Å²) < 4.78 is 1.62. The quantitative estimate of drug-likeness (QED) is 0.644. The van der Waals surface area contributed by atoms with Gasteiger partial charge in [0.1, 0.15) is 0 Å². The van der Waals surface area contributed by atoms with Crippen LogP contribution in [0.25, 0.3) is 5.69 Å². The van der Waals surface area contributed by atoms with Gasteiger partial charge in [0.2, 0.25) is 0 Å². The fourth-order valence-corrected chi connectivity index (χ4v) is 2.08. The third kappa shape index (κ3) is 3.22. The average Bonchev–Trinajstić information content (AvgIpc) is 2.93. The molecule has 1 N–H and O–H groups in total. The van der Waals surface area contributed by atoms with E-state index in [1.807, 2.05) is 6.92 Å². The molecule has 0 aliphatic heterocycles. The van der Waals surface area contributed by atoms with E-state index < -0.39 is 4.92 Å². The Labute approximate surface area is 122 Å². The van der Waals surface area contributed by atoms with Gasteiger partial charge in [-0.1, -0.05) is 6.92 Å². The number of nitro benzene ring substituents is 1. The lowest BCUT2D eigenvalue weighted by Crippen LogP contribution is -2.23. The minimum atomic E-state index is -0.414. The zero-order valence-electron chi connectivity index (χ0n) is 12.3. The number of non-ortho nitro benzene ring substituents is 1. The van der Waals surface area contributed by atoms with Crippen molar-refractivity contribution in [3.05, 3.63) is 39.7 Å². The van der Waals surface area contributed by atoms with Crippen molar-refractivity contribution in [2.24, 2.45) is 0 Å². The van der Waals surface area contributed by atoms with Crippen LogP contribution in [0.2, 0.25) is 0 Å². The van der Waals surface area contributed by atoms with Crippen molar-refractivity contribution in [2.75, 3.05) is 6.54 Å². The first kappa shape index (κ1) is 15.0. The summed E-state index contributed by atoms with van der Waals surface area (Å²) in [5.41, 5.74) is 1.55. The van der Waals surface area contributed by atoms with Crippen LogP contribution in [0.3, 0.4) is 0 Å². The van der Waals surface area contributed by atoms with Gasteiger partial charge in [0, 0.05) is 12.1 Å². The number of rotatable bonds is 6. The fraction of sp³-hybridized carbons (Fsp3) is 0.462. The summed E-state index contributed by atoms with van der Waals surface area (Å²) in [4.78, 5) is 10.4. The molecule has 1 aromatic carbocycles. The van der Waals surface area contributed by atoms with Gasteiger partial charge < -0.3 is 5.32 Å². The van der Waals surface area contributed by atoms with Crippen LogP contribution in [0.15, 0.2) is 18.2 Å². The minimum Gasteiger partial charge on any atom is -0.307 e. The highest BCUT2D eigenvalue weighted by Crippen LogP contribution is 2.22. The molecule has 0 amide bonds. The largest absolute Gasteiger partial charge is 0.307 e. The lowest BCUT2D eigenvalue weighted by atomic mass is 10.1. The monoisotopic (exact) mass is 290 g/mol. The normalized spacial score (nSPS) is 12.3. The van der Waals surface area contributed by atoms with E-state index in [2.05, 4.69) is 27.8 Å². The van der Waals surface area contributed by atoms with Gasteiger partial charge in [-0.15, -0.1) is 5.10 Å². The third-order valence-corrected chi connectivity index (χ3v) is 3.20. The molecule has 1 unspecified atom stereocenters. The highest BCUT2D eigenvalue weighted by atomic mass is 16.6. The number of hydrogen-bond acceptors (Lipinski definition) is 6. The molecule has 112 valence electrons. The summed E-state index contributed by atoms with van der Waals surface area (Å²) in [6.07, 6.45) is 1.02. The second-order valence-electron chi connectivity index (χ2n) is 4.85. The van der Waals surface area contributed by atoms with Crippen molar-refractivity contribution in [3.63, 3.8) is 0 Å². The molecular formula is C13H18N6O2. The molecule has 1 heterocycles. The summed E-state index contributed by atoms with van der Waals surface area (Å²) in [6.45, 7) is 6.74. The third-order valence-electron chi connectivity index (χ3n) is 3.20. The highest BCUT2D eigenvalue weighted by Gasteiger charge is 2.17. The molecule has 0 radical (unpaired) electrons. The van der Waals surface area contributed by atoms with Crippen LogP contribution in [-0.2, 0) is 0 Å². The van der Waals surface area contributed by atoms with E-state index in [9.17, 15) is 10.1 Å². The van der Waals surface area contributed by atoms with Gasteiger partial charge in [-0.3, -0.25) is 10.1 Å². The number of nitrogens with one attached hydrogen (secondary N) is 1. The molecule has 2 aromatic rings. The second kappa shape index (κ2) is 6.40. The molecule has 8 heteroatoms. The average molecular weight is 290 g/mol. The fourth-order valence-electron chi connectivity index (χ4n) is 2.08. The Morgan fingerprint density at radius 1 is 1.48 bits per heavy atom. The Balaban J connectivity index is 2.35. The summed E-state index contributed by atoms with van der Waals surface area (Å²) in [5, 5.41) is 25.9. The van der Waals surface area contributed by atoms with Gasteiger partial charge in [0.05, 0.1) is 16.7 Å². The first-order chi connectivity index (χ1) is 10.0. The van der Waals surface area contributed by atoms with Crippen LogP contribution < -0.4 is 5.32 Å². The maximum atomic E-state index is 10.8. The lowest BCUT2D eigenvalue weighted by molar-refractivity contribution is -0.384. The molecule has 0 aliphatic rings. The summed E-state index contributed by atoms with van der Waals surface area (Å²) in [6, 6.07) is 4.64. The van der Waals surface area contributed by atoms with Gasteiger partial charge in [-0.05, 0) is 48.9 Å². The maximum absolute atomic E-state index is 10.8. The molecule has 8 nitrogen and oxygen atoms in total. The van der Waals surface area contributed by atoms with Crippen LogP contribution >= 0.6 is 0 Å². The van der Waals surface area contributed by atoms with Crippen molar-refractivity contribution in [1.29, 1.82) is 0 Å². The second-order valence-corrected chi connectivity index (χ2v) is 4.85. The van der Waals surface area contributed by atoms with Crippen LogP contribution in [0.1, 0.15) is 37.7 Å². The number of tetrazole rings is 1. The number of nitro groups is 1. The Kier molecular flexibility index (Phi) is 4.59. The minimum absolute atomic E-state index is 0.00505. The SMILES string of the molecule is CCCNC(C)c1nnnn1-c1ccc([N+](=O)[O-])cc1C. The number of aromatic nitrogens is 4. The Bertz CT molecular complexity index is 639. The molecule has 0 spiro atoms. The van der Waals surface area contributed by atoms with E-state index in [1.54, 1.807) is 17.7 Å². The van der Waals surface area contributed by atoms with Gasteiger partial charge in [-0.2, -0.15) is 4.68 Å². The van der Waals surface area contributed by atoms with Crippen LogP contribution in [0.5, 0.6) is 0 Å². The van der Waals surface area contributed by atoms with Crippen molar-refractivity contribution >= 4 is 5.69 Å². The topological polar surface area (TPSA) is 98.8 Å². The summed E-state index contributed by atoms with van der Waals surface area (Å²) in [7, 11) is 0. The predicted octanol–water partition coefficient (Wildman–Crippen LogP) is 1.94. The molecule has 1 atom stereocenters. The zero-order chi connectivity index (χ0) is 15.4. The standard InChI is InChI=1S/C13H18N6O2/c1-4-7-14-10(3)13-15-16-17-18(13)12-6-5-11(19(20)21)8-9(12)2/h5-6,8,10,14H,4,7H2,1-3H3. The van der Waals surface area contributed by atoms with E-state index in [4.69, 9.17) is 0 Å². The van der Waals surface area contributed by atoms with Crippen LogP contribution in [0, 0.1) is 17.0 Å². The Morgan fingerprint density at radius 2 is 2.24 bits per heavy atom. The van der Waals surface area contributed by atoms with E-state index in [0.717, 1.165) is 24.2 Å². The van der Waals surface area contributed by atoms with E-state index >= 15 is 0 Å². The molecule has 0 aliphatic carbocycles. The Hall–Kier alpha value is -2.35. The number of hydrogen-bond donors (Lipinski definition) is 1. The molecule has 0 bridgehead atoms. The van der Waals surface area contributed by atoms with E-state index in [0.29, 0.717) is 5.82 Å². The molecule has 1 aromatic heterocycles. The molecule has 0 fully saturated rings. The molecule has 21 heavy (non-hydrogen) atoms. The summed E-state index contributed by atoms with van der Waals surface area (Å²) in [5.74, 6) is 0.681. The number of aryl methyl sites for hydroxylation is 1. The molecular weight excluding hydrogens is 272 g/mol. The smallest absolute Gasteiger partial charge is 0.269 e. The van der Waals surface area contributed by atoms with E-state index in [-0.39, 0.29) is 11.7 Å². The lowest BCUT2D eigenvalue weighted by Gasteiger charge is -2.14. The molecule has 0 saturated carbocycles. The number of benzene rings is 1. The van der Waals surface area contributed by atoms with Gasteiger partial charge >= 0.3 is 0 Å². The van der Waals surface area contributed by atoms with Crippen molar-refractivity contribution in [1.82, 2.24) is 25.5 Å². The molecule has 0 saturated heterocycles. The number of nitrogens with zero attached hydrogens (tertiary/aromatic N) is 5. The van der Waals surface area contributed by atoms with Gasteiger partial charge in [0.25, 0.3) is 5.69 Å². The van der Waals surface area contributed by atoms with Crippen molar-refractivity contribution < 1.29 is 4.92 Å². The first-order valence-corrected chi connectivity index (χ1v) is 6.81. The van der Waals surface area contributed by atoms with Crippen LogP contribution in [-0.4, -0.2) is 31.7 Å². The predicted molar refractivity (Wildman–Crippen MR) is 77.3 cm³/mol. The maximum Gasteiger partial charge on any atom is 0.269 e. The zero-order valence-corrected chi connectivity index (χ0v) is 12.3. The van der Waals surface area contributed by atoms with Crippen LogP contribution in [0.4, 0.5) is 5.69 Å².